The summed E-state index contributed by atoms with van der Waals surface area (Å²) in [5.41, 5.74) is 1.17. The average molecular weight is 263 g/mol. The van der Waals surface area contributed by atoms with E-state index in [2.05, 4.69) is 23.8 Å². The topological polar surface area (TPSA) is 66.3 Å². The number of aromatic nitrogens is 2. The number of carbonyl (C=O) groups is 1. The van der Waals surface area contributed by atoms with Gasteiger partial charge in [0.25, 0.3) is 5.91 Å². The fourth-order valence-corrected chi connectivity index (χ4v) is 2.65. The van der Waals surface area contributed by atoms with Gasteiger partial charge in [0.15, 0.2) is 0 Å². The zero-order chi connectivity index (χ0) is 14.0. The van der Waals surface area contributed by atoms with Crippen molar-refractivity contribution in [1.29, 1.82) is 0 Å². The first-order chi connectivity index (χ1) is 8.89. The minimum atomic E-state index is -0.332. The molecule has 0 radical (unpaired) electrons. The summed E-state index contributed by atoms with van der Waals surface area (Å²) >= 11 is 0. The summed E-state index contributed by atoms with van der Waals surface area (Å²) in [4.78, 5) is 22.3. The fraction of sp³-hybridized carbons (Fsp3) is 0.643. The smallest absolute Gasteiger partial charge is 0.257 e. The third-order valence-corrected chi connectivity index (χ3v) is 3.57. The van der Waals surface area contributed by atoms with Crippen molar-refractivity contribution in [2.24, 2.45) is 5.41 Å². The van der Waals surface area contributed by atoms with Crippen LogP contribution >= 0.6 is 0 Å². The summed E-state index contributed by atoms with van der Waals surface area (Å²) in [5, 5.41) is 9.89. The van der Waals surface area contributed by atoms with Crippen LogP contribution in [0.2, 0.25) is 0 Å². The number of rotatable bonds is 1. The molecule has 0 bridgehead atoms. The molecule has 0 spiro atoms. The Kier molecular flexibility index (Phi) is 3.85. The molecular weight excluding hydrogens is 242 g/mol. The minimum absolute atomic E-state index is 0.0414. The summed E-state index contributed by atoms with van der Waals surface area (Å²) in [7, 11) is 0. The second-order valence-electron chi connectivity index (χ2n) is 6.06. The van der Waals surface area contributed by atoms with Crippen molar-refractivity contribution < 1.29 is 9.90 Å². The molecule has 2 heterocycles. The first-order valence-electron chi connectivity index (χ1n) is 6.63. The Bertz CT molecular complexity index is 474. The number of carbonyl (C=O) groups excluding carboxylic acids is 1. The molecule has 1 amide bonds. The highest BCUT2D eigenvalue weighted by Gasteiger charge is 2.32. The second-order valence-corrected chi connectivity index (χ2v) is 6.06. The molecule has 1 aromatic rings. The van der Waals surface area contributed by atoms with Gasteiger partial charge in [0.05, 0.1) is 17.4 Å². The first kappa shape index (κ1) is 13.9. The maximum absolute atomic E-state index is 12.5. The Labute approximate surface area is 113 Å². The van der Waals surface area contributed by atoms with E-state index in [1.807, 2.05) is 11.8 Å². The number of aliphatic hydroxyl groups excluding tert-OH is 1. The number of amides is 1. The number of hydrogen-bond donors (Lipinski definition) is 1. The maximum Gasteiger partial charge on any atom is 0.257 e. The van der Waals surface area contributed by atoms with Crippen LogP contribution in [-0.4, -0.2) is 45.1 Å². The van der Waals surface area contributed by atoms with Crippen LogP contribution in [0, 0.1) is 12.3 Å². The Hall–Kier alpha value is -1.49. The average Bonchev–Trinajstić information content (AvgIpc) is 2.46. The van der Waals surface area contributed by atoms with Crippen molar-refractivity contribution >= 4 is 5.91 Å². The Balaban J connectivity index is 2.21. The molecule has 0 saturated carbocycles. The van der Waals surface area contributed by atoms with Crippen molar-refractivity contribution in [3.63, 3.8) is 0 Å². The SMILES string of the molecule is Cc1ncncc1C(=O)N1CC[C@H](O)CC(C)(C)C1. The van der Waals surface area contributed by atoms with Gasteiger partial charge in [0.1, 0.15) is 6.33 Å². The summed E-state index contributed by atoms with van der Waals surface area (Å²) in [6, 6.07) is 0. The van der Waals surface area contributed by atoms with Crippen LogP contribution in [0.25, 0.3) is 0 Å². The lowest BCUT2D eigenvalue weighted by Crippen LogP contribution is -2.38. The van der Waals surface area contributed by atoms with Crippen LogP contribution in [-0.2, 0) is 0 Å². The highest BCUT2D eigenvalue weighted by molar-refractivity contribution is 5.94. The Morgan fingerprint density at radius 3 is 2.95 bits per heavy atom. The molecule has 0 aliphatic carbocycles. The normalized spacial score (nSPS) is 22.9. The molecule has 5 heteroatoms. The number of aliphatic hydroxyl groups is 1. The van der Waals surface area contributed by atoms with Gasteiger partial charge in [-0.1, -0.05) is 13.8 Å². The van der Waals surface area contributed by atoms with Gasteiger partial charge in [0.2, 0.25) is 0 Å². The molecular formula is C14H21N3O2. The van der Waals surface area contributed by atoms with E-state index in [1.165, 1.54) is 6.33 Å². The Morgan fingerprint density at radius 2 is 2.26 bits per heavy atom. The highest BCUT2D eigenvalue weighted by Crippen LogP contribution is 2.29. The molecule has 5 nitrogen and oxygen atoms in total. The molecule has 1 N–H and O–H groups in total. The zero-order valence-corrected chi connectivity index (χ0v) is 11.8. The van der Waals surface area contributed by atoms with Gasteiger partial charge in [-0.05, 0) is 25.2 Å². The van der Waals surface area contributed by atoms with E-state index in [4.69, 9.17) is 0 Å². The maximum atomic E-state index is 12.5. The quantitative estimate of drug-likeness (QED) is 0.832. The van der Waals surface area contributed by atoms with E-state index in [1.54, 1.807) is 6.20 Å². The minimum Gasteiger partial charge on any atom is -0.393 e. The summed E-state index contributed by atoms with van der Waals surface area (Å²) < 4.78 is 0. The molecule has 104 valence electrons. The van der Waals surface area contributed by atoms with E-state index >= 15 is 0 Å². The van der Waals surface area contributed by atoms with Crippen molar-refractivity contribution in [1.82, 2.24) is 14.9 Å². The van der Waals surface area contributed by atoms with Crippen molar-refractivity contribution in [2.75, 3.05) is 13.1 Å². The molecule has 1 fully saturated rings. The molecule has 1 aliphatic rings. The van der Waals surface area contributed by atoms with Crippen LogP contribution in [0.4, 0.5) is 0 Å². The molecule has 0 aromatic carbocycles. The zero-order valence-electron chi connectivity index (χ0n) is 11.8. The van der Waals surface area contributed by atoms with Crippen LogP contribution in [0.3, 0.4) is 0 Å². The highest BCUT2D eigenvalue weighted by atomic mass is 16.3. The van der Waals surface area contributed by atoms with Gasteiger partial charge in [-0.15, -0.1) is 0 Å². The van der Waals surface area contributed by atoms with Gasteiger partial charge >= 0.3 is 0 Å². The van der Waals surface area contributed by atoms with E-state index in [0.29, 0.717) is 30.8 Å². The molecule has 1 aliphatic heterocycles. The molecule has 1 atom stereocenters. The van der Waals surface area contributed by atoms with Crippen molar-refractivity contribution in [3.8, 4) is 0 Å². The lowest BCUT2D eigenvalue weighted by Gasteiger charge is -2.29. The van der Waals surface area contributed by atoms with Crippen LogP contribution in [0.5, 0.6) is 0 Å². The van der Waals surface area contributed by atoms with Gasteiger partial charge in [-0.3, -0.25) is 4.79 Å². The predicted octanol–water partition coefficient (Wildman–Crippen LogP) is 1.41. The van der Waals surface area contributed by atoms with Gasteiger partial charge in [0, 0.05) is 19.3 Å². The molecule has 0 unspecified atom stereocenters. The molecule has 19 heavy (non-hydrogen) atoms. The van der Waals surface area contributed by atoms with Crippen LogP contribution < -0.4 is 0 Å². The van der Waals surface area contributed by atoms with E-state index in [0.717, 1.165) is 6.42 Å². The Morgan fingerprint density at radius 1 is 1.53 bits per heavy atom. The lowest BCUT2D eigenvalue weighted by molar-refractivity contribution is 0.0703. The summed E-state index contributed by atoms with van der Waals surface area (Å²) in [6.45, 7) is 7.20. The third kappa shape index (κ3) is 3.29. The lowest BCUT2D eigenvalue weighted by atomic mass is 9.87. The third-order valence-electron chi connectivity index (χ3n) is 3.57. The molecule has 2 rings (SSSR count). The van der Waals surface area contributed by atoms with E-state index < -0.39 is 0 Å². The molecule has 1 saturated heterocycles. The van der Waals surface area contributed by atoms with E-state index in [9.17, 15) is 9.90 Å². The summed E-state index contributed by atoms with van der Waals surface area (Å²) in [6.07, 6.45) is 4.03. The molecule has 1 aromatic heterocycles. The fourth-order valence-electron chi connectivity index (χ4n) is 2.65. The second kappa shape index (κ2) is 5.25. The first-order valence-corrected chi connectivity index (χ1v) is 6.63. The number of aryl methyl sites for hydroxylation is 1. The monoisotopic (exact) mass is 263 g/mol. The van der Waals surface area contributed by atoms with Crippen molar-refractivity contribution in [3.05, 3.63) is 23.8 Å². The number of hydrogen-bond acceptors (Lipinski definition) is 4. The standard InChI is InChI=1S/C14H21N3O2/c1-10-12(7-15-9-16-10)13(19)17-5-4-11(18)6-14(2,3)8-17/h7,9,11,18H,4-6,8H2,1-3H3/t11-/m0/s1. The van der Waals surface area contributed by atoms with Crippen molar-refractivity contribution in [2.45, 2.75) is 39.7 Å². The van der Waals surface area contributed by atoms with E-state index in [-0.39, 0.29) is 17.4 Å². The van der Waals surface area contributed by atoms with Gasteiger partial charge in [-0.2, -0.15) is 0 Å². The van der Waals surface area contributed by atoms with Gasteiger partial charge in [-0.25, -0.2) is 9.97 Å². The predicted molar refractivity (Wildman–Crippen MR) is 71.7 cm³/mol. The number of likely N-dealkylation sites (tertiary alicyclic amines) is 1. The largest absolute Gasteiger partial charge is 0.393 e. The van der Waals surface area contributed by atoms with Gasteiger partial charge < -0.3 is 10.0 Å². The number of nitrogens with zero attached hydrogens (tertiary/aromatic N) is 3. The van der Waals surface area contributed by atoms with Crippen LogP contribution in [0.15, 0.2) is 12.5 Å². The summed E-state index contributed by atoms with van der Waals surface area (Å²) in [5.74, 6) is -0.0414. The van der Waals surface area contributed by atoms with Crippen LogP contribution in [0.1, 0.15) is 42.7 Å².